The molecule has 1 aromatic heterocycles. The van der Waals surface area contributed by atoms with Crippen molar-refractivity contribution >= 4 is 17.3 Å². The number of nitrogens with one attached hydrogen (secondary N) is 1. The summed E-state index contributed by atoms with van der Waals surface area (Å²) < 4.78 is 11.2. The second kappa shape index (κ2) is 5.90. The lowest BCUT2D eigenvalue weighted by Gasteiger charge is -2.36. The monoisotopic (exact) mass is 301 g/mol. The second-order valence-corrected chi connectivity index (χ2v) is 5.61. The highest BCUT2D eigenvalue weighted by atomic mass is 35.5. The van der Waals surface area contributed by atoms with Crippen LogP contribution < -0.4 is 10.1 Å². The van der Waals surface area contributed by atoms with Crippen LogP contribution in [0.5, 0.6) is 5.88 Å². The number of nitrogens with zero attached hydrogens (tertiary/aromatic N) is 2. The molecule has 0 amide bonds. The van der Waals surface area contributed by atoms with Crippen molar-refractivity contribution in [3.8, 4) is 5.88 Å². The highest BCUT2D eigenvalue weighted by Crippen LogP contribution is 2.27. The van der Waals surface area contributed by atoms with Gasteiger partial charge in [0.15, 0.2) is 0 Å². The molecule has 7 nitrogen and oxygen atoms in total. The van der Waals surface area contributed by atoms with Crippen LogP contribution in [0.3, 0.4) is 0 Å². The van der Waals surface area contributed by atoms with Gasteiger partial charge < -0.3 is 14.8 Å². The van der Waals surface area contributed by atoms with E-state index in [1.54, 1.807) is 0 Å². The van der Waals surface area contributed by atoms with Crippen molar-refractivity contribution in [2.45, 2.75) is 25.6 Å². The van der Waals surface area contributed by atoms with Crippen molar-refractivity contribution in [1.82, 2.24) is 10.3 Å². The van der Waals surface area contributed by atoms with Gasteiger partial charge in [-0.1, -0.05) is 11.6 Å². The maximum atomic E-state index is 10.9. The van der Waals surface area contributed by atoms with Gasteiger partial charge in [0.05, 0.1) is 21.7 Å². The van der Waals surface area contributed by atoms with Crippen LogP contribution in [0.2, 0.25) is 5.02 Å². The Morgan fingerprint density at radius 2 is 2.45 bits per heavy atom. The highest BCUT2D eigenvalue weighted by Gasteiger charge is 2.29. The van der Waals surface area contributed by atoms with Crippen LogP contribution in [-0.2, 0) is 4.74 Å². The molecule has 1 saturated heterocycles. The number of hydrogen-bond acceptors (Lipinski definition) is 6. The molecule has 0 aliphatic carbocycles. The molecule has 2 rings (SSSR count). The van der Waals surface area contributed by atoms with Crippen molar-refractivity contribution in [2.24, 2.45) is 0 Å². The summed E-state index contributed by atoms with van der Waals surface area (Å²) in [5.41, 5.74) is -0.536. The van der Waals surface area contributed by atoms with Crippen molar-refractivity contribution in [1.29, 1.82) is 0 Å². The third-order valence-electron chi connectivity index (χ3n) is 2.81. The number of hydrogen-bond donors (Lipinski definition) is 1. The number of ether oxygens (including phenoxy) is 2. The summed E-state index contributed by atoms with van der Waals surface area (Å²) >= 11 is 5.69. The standard InChI is InChI=1S/C12H16ClN3O4/c1-12(2)7-14-5-9(20-12)6-19-11-10(16(17)18)3-8(13)4-15-11/h3-4,9,14H,5-7H2,1-2H3. The molecule has 1 aliphatic rings. The van der Waals surface area contributed by atoms with Crippen LogP contribution in [0.4, 0.5) is 5.69 Å². The van der Waals surface area contributed by atoms with E-state index in [9.17, 15) is 10.1 Å². The normalized spacial score (nSPS) is 21.4. The molecule has 1 unspecified atom stereocenters. The molecule has 1 aromatic rings. The molecular weight excluding hydrogens is 286 g/mol. The van der Waals surface area contributed by atoms with E-state index in [1.165, 1.54) is 12.3 Å². The largest absolute Gasteiger partial charge is 0.470 e. The van der Waals surface area contributed by atoms with Gasteiger partial charge in [-0.3, -0.25) is 10.1 Å². The van der Waals surface area contributed by atoms with E-state index in [0.29, 0.717) is 6.54 Å². The zero-order valence-electron chi connectivity index (χ0n) is 11.3. The maximum absolute atomic E-state index is 10.9. The van der Waals surface area contributed by atoms with Crippen LogP contribution in [0.1, 0.15) is 13.8 Å². The van der Waals surface area contributed by atoms with Gasteiger partial charge in [-0.05, 0) is 13.8 Å². The quantitative estimate of drug-likeness (QED) is 0.674. The van der Waals surface area contributed by atoms with Crippen LogP contribution >= 0.6 is 11.6 Å². The molecule has 0 spiro atoms. The first-order valence-corrected chi connectivity index (χ1v) is 6.56. The number of morpholine rings is 1. The summed E-state index contributed by atoms with van der Waals surface area (Å²) in [6, 6.07) is 1.22. The minimum atomic E-state index is -0.571. The predicted molar refractivity (Wildman–Crippen MR) is 73.2 cm³/mol. The van der Waals surface area contributed by atoms with Gasteiger partial charge in [-0.25, -0.2) is 4.98 Å². The molecule has 0 saturated carbocycles. The van der Waals surface area contributed by atoms with E-state index in [0.717, 1.165) is 6.54 Å². The van der Waals surface area contributed by atoms with Crippen molar-refractivity contribution in [2.75, 3.05) is 19.7 Å². The van der Waals surface area contributed by atoms with E-state index in [2.05, 4.69) is 10.3 Å². The average molecular weight is 302 g/mol. The van der Waals surface area contributed by atoms with Gasteiger partial charge >= 0.3 is 5.69 Å². The molecule has 1 atom stereocenters. The number of aromatic nitrogens is 1. The van der Waals surface area contributed by atoms with E-state index >= 15 is 0 Å². The first-order valence-electron chi connectivity index (χ1n) is 6.19. The van der Waals surface area contributed by atoms with Crippen LogP contribution in [-0.4, -0.2) is 41.3 Å². The summed E-state index contributed by atoms with van der Waals surface area (Å²) in [7, 11) is 0. The molecule has 110 valence electrons. The van der Waals surface area contributed by atoms with Crippen molar-refractivity contribution < 1.29 is 14.4 Å². The molecular formula is C12H16ClN3O4. The van der Waals surface area contributed by atoms with Gasteiger partial charge in [-0.2, -0.15) is 0 Å². The number of pyridine rings is 1. The van der Waals surface area contributed by atoms with Gasteiger partial charge in [-0.15, -0.1) is 0 Å². The zero-order valence-corrected chi connectivity index (χ0v) is 12.0. The molecule has 1 fully saturated rings. The highest BCUT2D eigenvalue weighted by molar-refractivity contribution is 6.30. The van der Waals surface area contributed by atoms with Crippen LogP contribution in [0.15, 0.2) is 12.3 Å². The topological polar surface area (TPSA) is 86.5 Å². The van der Waals surface area contributed by atoms with Gasteiger partial charge in [0.25, 0.3) is 5.88 Å². The van der Waals surface area contributed by atoms with E-state index in [1.807, 2.05) is 13.8 Å². The summed E-state index contributed by atoms with van der Waals surface area (Å²) in [6.07, 6.45) is 1.13. The Morgan fingerprint density at radius 1 is 1.70 bits per heavy atom. The summed E-state index contributed by atoms with van der Waals surface area (Å²) in [6.45, 7) is 5.50. The first-order chi connectivity index (χ1) is 9.37. The molecule has 0 radical (unpaired) electrons. The summed E-state index contributed by atoms with van der Waals surface area (Å²) in [5, 5.41) is 14.3. The average Bonchev–Trinajstić information content (AvgIpc) is 2.36. The Hall–Kier alpha value is -1.44. The van der Waals surface area contributed by atoms with Crippen LogP contribution in [0.25, 0.3) is 0 Å². The lowest BCUT2D eigenvalue weighted by molar-refractivity contribution is -0.386. The maximum Gasteiger partial charge on any atom is 0.332 e. The fourth-order valence-electron chi connectivity index (χ4n) is 1.99. The van der Waals surface area contributed by atoms with Crippen molar-refractivity contribution in [3.63, 3.8) is 0 Å². The summed E-state index contributed by atoms with van der Waals surface area (Å²) in [4.78, 5) is 14.2. The van der Waals surface area contributed by atoms with Gasteiger partial charge in [0.2, 0.25) is 0 Å². The van der Waals surface area contributed by atoms with Crippen molar-refractivity contribution in [3.05, 3.63) is 27.4 Å². The Labute approximate surface area is 121 Å². The lowest BCUT2D eigenvalue weighted by Crippen LogP contribution is -2.52. The molecule has 20 heavy (non-hydrogen) atoms. The van der Waals surface area contributed by atoms with Gasteiger partial charge in [0.1, 0.15) is 12.7 Å². The van der Waals surface area contributed by atoms with E-state index < -0.39 is 4.92 Å². The summed E-state index contributed by atoms with van der Waals surface area (Å²) in [5.74, 6) is -0.0496. The molecule has 0 aromatic carbocycles. The molecule has 1 N–H and O–H groups in total. The Morgan fingerprint density at radius 3 is 3.10 bits per heavy atom. The third kappa shape index (κ3) is 3.78. The molecule has 8 heteroatoms. The SMILES string of the molecule is CC1(C)CNCC(COc2ncc(Cl)cc2[N+](=O)[O-])O1. The Balaban J connectivity index is 2.02. The fourth-order valence-corrected chi connectivity index (χ4v) is 2.14. The van der Waals surface area contributed by atoms with E-state index in [-0.39, 0.29) is 34.9 Å². The molecule has 0 bridgehead atoms. The molecule has 2 heterocycles. The smallest absolute Gasteiger partial charge is 0.332 e. The van der Waals surface area contributed by atoms with E-state index in [4.69, 9.17) is 21.1 Å². The predicted octanol–water partition coefficient (Wildman–Crippen LogP) is 1.79. The fraction of sp³-hybridized carbons (Fsp3) is 0.583. The third-order valence-corrected chi connectivity index (χ3v) is 3.02. The second-order valence-electron chi connectivity index (χ2n) is 5.18. The number of nitro groups is 1. The molecule has 1 aliphatic heterocycles. The number of rotatable bonds is 4. The minimum Gasteiger partial charge on any atom is -0.470 e. The Kier molecular flexibility index (Phi) is 4.42. The Bertz CT molecular complexity index is 509. The number of halogens is 1. The zero-order chi connectivity index (χ0) is 14.8. The van der Waals surface area contributed by atoms with Crippen LogP contribution in [0, 0.1) is 10.1 Å². The minimum absolute atomic E-state index is 0.0496. The first kappa shape index (κ1) is 15.0. The lowest BCUT2D eigenvalue weighted by atomic mass is 10.1. The van der Waals surface area contributed by atoms with Gasteiger partial charge in [0, 0.05) is 19.2 Å².